The second-order valence-corrected chi connectivity index (χ2v) is 5.53. The van der Waals surface area contributed by atoms with Crippen molar-refractivity contribution in [3.8, 4) is 0 Å². The molecule has 1 aromatic rings. The van der Waals surface area contributed by atoms with Crippen molar-refractivity contribution in [2.45, 2.75) is 46.1 Å². The highest BCUT2D eigenvalue weighted by Crippen LogP contribution is 2.17. The van der Waals surface area contributed by atoms with E-state index in [1.54, 1.807) is 11.0 Å². The van der Waals surface area contributed by atoms with Crippen LogP contribution in [0.5, 0.6) is 0 Å². The smallest absolute Gasteiger partial charge is 0.304 e. The molecule has 1 rings (SSSR count). The van der Waals surface area contributed by atoms with Gasteiger partial charge in [-0.3, -0.25) is 19.8 Å². The molecule has 2 N–H and O–H groups in total. The Kier molecular flexibility index (Phi) is 6.36. The van der Waals surface area contributed by atoms with E-state index in [0.29, 0.717) is 12.4 Å². The molecule has 1 amide bonds. The zero-order valence-electron chi connectivity index (χ0n) is 12.9. The van der Waals surface area contributed by atoms with Gasteiger partial charge in [0.05, 0.1) is 18.7 Å². The van der Waals surface area contributed by atoms with Gasteiger partial charge in [0.15, 0.2) is 0 Å². The average molecular weight is 297 g/mol. The second kappa shape index (κ2) is 7.78. The third-order valence-corrected chi connectivity index (χ3v) is 3.07. The predicted molar refractivity (Wildman–Crippen MR) is 78.2 cm³/mol. The standard InChI is InChI=1S/C14H23N3O4/c1-9(2)11-7-13(21-16-11)15-12(18)8-17(10(3)4)6-5-14(19)20/h7,9-10H,5-6,8H2,1-4H3,(H,15,18)(H,19,20). The van der Waals surface area contributed by atoms with Crippen molar-refractivity contribution in [3.05, 3.63) is 11.8 Å². The number of hydrogen-bond acceptors (Lipinski definition) is 5. The van der Waals surface area contributed by atoms with Gasteiger partial charge in [0.25, 0.3) is 0 Å². The van der Waals surface area contributed by atoms with Crippen LogP contribution >= 0.6 is 0 Å². The quantitative estimate of drug-likeness (QED) is 0.761. The monoisotopic (exact) mass is 297 g/mol. The summed E-state index contributed by atoms with van der Waals surface area (Å²) in [5.41, 5.74) is 0.775. The van der Waals surface area contributed by atoms with Gasteiger partial charge in [0, 0.05) is 18.7 Å². The number of aliphatic carboxylic acids is 1. The van der Waals surface area contributed by atoms with Crippen LogP contribution in [-0.4, -0.2) is 46.2 Å². The molecule has 7 heteroatoms. The van der Waals surface area contributed by atoms with Crippen molar-refractivity contribution in [1.29, 1.82) is 0 Å². The first-order valence-electron chi connectivity index (χ1n) is 7.02. The molecule has 0 aliphatic rings. The SMILES string of the molecule is CC(C)c1cc(NC(=O)CN(CCC(=O)O)C(C)C)on1. The van der Waals surface area contributed by atoms with Gasteiger partial charge in [-0.2, -0.15) is 0 Å². The van der Waals surface area contributed by atoms with E-state index in [2.05, 4.69) is 10.5 Å². The van der Waals surface area contributed by atoms with Gasteiger partial charge in [-0.05, 0) is 19.8 Å². The number of carbonyl (C=O) groups excluding carboxylic acids is 1. The summed E-state index contributed by atoms with van der Waals surface area (Å²) in [5, 5.41) is 15.2. The van der Waals surface area contributed by atoms with Crippen LogP contribution < -0.4 is 5.32 Å². The third kappa shape index (κ3) is 5.95. The van der Waals surface area contributed by atoms with E-state index in [-0.39, 0.29) is 30.8 Å². The number of hydrogen-bond donors (Lipinski definition) is 2. The normalized spacial score (nSPS) is 11.4. The van der Waals surface area contributed by atoms with Crippen LogP contribution in [0.1, 0.15) is 45.7 Å². The molecular formula is C14H23N3O4. The topological polar surface area (TPSA) is 95.7 Å². The molecule has 0 aromatic carbocycles. The summed E-state index contributed by atoms with van der Waals surface area (Å²) >= 11 is 0. The fraction of sp³-hybridized carbons (Fsp3) is 0.643. The van der Waals surface area contributed by atoms with Crippen molar-refractivity contribution in [3.63, 3.8) is 0 Å². The highest BCUT2D eigenvalue weighted by Gasteiger charge is 2.17. The predicted octanol–water partition coefficient (Wildman–Crippen LogP) is 1.92. The van der Waals surface area contributed by atoms with Crippen molar-refractivity contribution >= 4 is 17.8 Å². The molecule has 0 aliphatic carbocycles. The van der Waals surface area contributed by atoms with Gasteiger partial charge < -0.3 is 9.63 Å². The largest absolute Gasteiger partial charge is 0.481 e. The Balaban J connectivity index is 2.54. The number of carboxylic acids is 1. The van der Waals surface area contributed by atoms with Gasteiger partial charge in [0.1, 0.15) is 0 Å². The molecule has 1 aromatic heterocycles. The number of aromatic nitrogens is 1. The number of anilines is 1. The maximum Gasteiger partial charge on any atom is 0.304 e. The maximum absolute atomic E-state index is 12.0. The average Bonchev–Trinajstić information content (AvgIpc) is 2.82. The van der Waals surface area contributed by atoms with Gasteiger partial charge >= 0.3 is 5.97 Å². The molecule has 0 aliphatic heterocycles. The van der Waals surface area contributed by atoms with E-state index >= 15 is 0 Å². The molecule has 0 spiro atoms. The number of carbonyl (C=O) groups is 2. The highest BCUT2D eigenvalue weighted by molar-refractivity contribution is 5.91. The lowest BCUT2D eigenvalue weighted by Gasteiger charge is -2.24. The molecule has 0 fully saturated rings. The Morgan fingerprint density at radius 3 is 2.52 bits per heavy atom. The van der Waals surface area contributed by atoms with E-state index in [9.17, 15) is 9.59 Å². The molecule has 0 saturated heterocycles. The Labute approximate surface area is 124 Å². The fourth-order valence-electron chi connectivity index (χ4n) is 1.74. The molecule has 21 heavy (non-hydrogen) atoms. The lowest BCUT2D eigenvalue weighted by Crippen LogP contribution is -2.39. The molecule has 0 saturated carbocycles. The molecule has 0 bridgehead atoms. The summed E-state index contributed by atoms with van der Waals surface area (Å²) < 4.78 is 5.04. The van der Waals surface area contributed by atoms with Gasteiger partial charge in [-0.1, -0.05) is 19.0 Å². The summed E-state index contributed by atoms with van der Waals surface area (Å²) in [5.74, 6) is -0.591. The molecule has 7 nitrogen and oxygen atoms in total. The number of nitrogens with zero attached hydrogens (tertiary/aromatic N) is 2. The molecule has 0 unspecified atom stereocenters. The van der Waals surface area contributed by atoms with Gasteiger partial charge in [0.2, 0.25) is 11.8 Å². The van der Waals surface area contributed by atoms with Crippen molar-refractivity contribution in [2.75, 3.05) is 18.4 Å². The van der Waals surface area contributed by atoms with Crippen LogP contribution in [0, 0.1) is 0 Å². The van der Waals surface area contributed by atoms with Crippen LogP contribution in [0.15, 0.2) is 10.6 Å². The van der Waals surface area contributed by atoms with E-state index in [1.165, 1.54) is 0 Å². The number of rotatable bonds is 8. The minimum atomic E-state index is -0.877. The zero-order chi connectivity index (χ0) is 16.0. The molecule has 1 heterocycles. The Morgan fingerprint density at radius 1 is 1.38 bits per heavy atom. The summed E-state index contributed by atoms with van der Waals surface area (Å²) in [6.45, 7) is 8.24. The Hall–Kier alpha value is -1.89. The fourth-order valence-corrected chi connectivity index (χ4v) is 1.74. The van der Waals surface area contributed by atoms with E-state index in [1.807, 2.05) is 27.7 Å². The first-order chi connectivity index (χ1) is 9.79. The van der Waals surface area contributed by atoms with E-state index < -0.39 is 5.97 Å². The lowest BCUT2D eigenvalue weighted by atomic mass is 10.1. The van der Waals surface area contributed by atoms with Crippen LogP contribution in [0.2, 0.25) is 0 Å². The Morgan fingerprint density at radius 2 is 2.05 bits per heavy atom. The van der Waals surface area contributed by atoms with E-state index in [4.69, 9.17) is 9.63 Å². The summed E-state index contributed by atoms with van der Waals surface area (Å²) in [4.78, 5) is 24.4. The number of amides is 1. The Bertz CT molecular complexity index is 482. The molecule has 0 atom stereocenters. The second-order valence-electron chi connectivity index (χ2n) is 5.53. The first kappa shape index (κ1) is 17.2. The maximum atomic E-state index is 12.0. The van der Waals surface area contributed by atoms with Crippen LogP contribution in [0.4, 0.5) is 5.88 Å². The molecule has 0 radical (unpaired) electrons. The first-order valence-corrected chi connectivity index (χ1v) is 7.02. The lowest BCUT2D eigenvalue weighted by molar-refractivity contribution is -0.137. The molecular weight excluding hydrogens is 274 g/mol. The van der Waals surface area contributed by atoms with E-state index in [0.717, 1.165) is 5.69 Å². The van der Waals surface area contributed by atoms with Gasteiger partial charge in [-0.25, -0.2) is 0 Å². The summed E-state index contributed by atoms with van der Waals surface area (Å²) in [6.07, 6.45) is 0.00522. The number of carboxylic acid groups (broad SMARTS) is 1. The highest BCUT2D eigenvalue weighted by atomic mass is 16.5. The minimum Gasteiger partial charge on any atom is -0.481 e. The van der Waals surface area contributed by atoms with Crippen molar-refractivity contribution in [2.24, 2.45) is 0 Å². The van der Waals surface area contributed by atoms with Crippen molar-refractivity contribution in [1.82, 2.24) is 10.1 Å². The third-order valence-electron chi connectivity index (χ3n) is 3.07. The van der Waals surface area contributed by atoms with Crippen LogP contribution in [0.3, 0.4) is 0 Å². The van der Waals surface area contributed by atoms with Crippen molar-refractivity contribution < 1.29 is 19.2 Å². The van der Waals surface area contributed by atoms with Crippen LogP contribution in [0.25, 0.3) is 0 Å². The summed E-state index contributed by atoms with van der Waals surface area (Å²) in [7, 11) is 0. The molecule has 118 valence electrons. The number of nitrogens with one attached hydrogen (secondary N) is 1. The minimum absolute atomic E-state index is 0.00522. The summed E-state index contributed by atoms with van der Waals surface area (Å²) in [6, 6.07) is 1.77. The van der Waals surface area contributed by atoms with Crippen LogP contribution in [-0.2, 0) is 9.59 Å². The zero-order valence-corrected chi connectivity index (χ0v) is 12.9. The van der Waals surface area contributed by atoms with Gasteiger partial charge in [-0.15, -0.1) is 0 Å².